The van der Waals surface area contributed by atoms with E-state index in [0.29, 0.717) is 23.5 Å². The summed E-state index contributed by atoms with van der Waals surface area (Å²) in [7, 11) is 0. The van der Waals surface area contributed by atoms with Gasteiger partial charge < -0.3 is 9.47 Å². The monoisotopic (exact) mass is 438 g/mol. The maximum absolute atomic E-state index is 13.1. The molecule has 0 aliphatic carbocycles. The van der Waals surface area contributed by atoms with Crippen LogP contribution in [0, 0.1) is 5.92 Å². The van der Waals surface area contributed by atoms with Crippen molar-refractivity contribution < 1.29 is 19.1 Å². The lowest BCUT2D eigenvalue weighted by atomic mass is 9.75. The number of esters is 2. The van der Waals surface area contributed by atoms with Gasteiger partial charge in [-0.05, 0) is 41.4 Å². The summed E-state index contributed by atoms with van der Waals surface area (Å²) in [6, 6.07) is 13.1. The second-order valence-corrected chi connectivity index (χ2v) is 10.7. The quantitative estimate of drug-likeness (QED) is 0.367. The van der Waals surface area contributed by atoms with Crippen molar-refractivity contribution in [1.29, 1.82) is 0 Å². The Kier molecular flexibility index (Phi) is 7.92. The zero-order valence-corrected chi connectivity index (χ0v) is 21.0. The molecule has 4 heteroatoms. The van der Waals surface area contributed by atoms with Gasteiger partial charge in [-0.2, -0.15) is 0 Å². The predicted molar refractivity (Wildman–Crippen MR) is 129 cm³/mol. The van der Waals surface area contributed by atoms with Crippen LogP contribution < -0.4 is 4.74 Å². The summed E-state index contributed by atoms with van der Waals surface area (Å²) >= 11 is 0. The zero-order chi connectivity index (χ0) is 24.3. The summed E-state index contributed by atoms with van der Waals surface area (Å²) in [6.07, 6.45) is 0. The van der Waals surface area contributed by atoms with Crippen molar-refractivity contribution in [3.63, 3.8) is 0 Å². The van der Waals surface area contributed by atoms with Crippen molar-refractivity contribution in [3.8, 4) is 5.75 Å². The number of carbonyl (C=O) groups is 2. The Bertz CT molecular complexity index is 944. The molecule has 174 valence electrons. The van der Waals surface area contributed by atoms with E-state index >= 15 is 0 Å². The minimum Gasteiger partial charge on any atom is -0.466 e. The molecule has 0 bridgehead atoms. The van der Waals surface area contributed by atoms with Crippen LogP contribution in [0.1, 0.15) is 95.3 Å². The van der Waals surface area contributed by atoms with E-state index in [-0.39, 0.29) is 22.7 Å². The Balaban J connectivity index is 2.82. The lowest BCUT2D eigenvalue weighted by molar-refractivity contribution is -0.146. The largest absolute Gasteiger partial charge is 0.466 e. The molecule has 0 saturated heterocycles. The molecule has 0 saturated carbocycles. The lowest BCUT2D eigenvalue weighted by Gasteiger charge is -2.31. The fourth-order valence-electron chi connectivity index (χ4n) is 3.70. The highest BCUT2D eigenvalue weighted by Crippen LogP contribution is 2.43. The zero-order valence-electron chi connectivity index (χ0n) is 21.0. The molecule has 2 rings (SSSR count). The van der Waals surface area contributed by atoms with E-state index in [4.69, 9.17) is 9.47 Å². The van der Waals surface area contributed by atoms with Gasteiger partial charge >= 0.3 is 11.9 Å². The summed E-state index contributed by atoms with van der Waals surface area (Å²) in [5.41, 5.74) is 2.72. The summed E-state index contributed by atoms with van der Waals surface area (Å²) in [5, 5.41) is 0. The summed E-state index contributed by atoms with van der Waals surface area (Å²) in [5.74, 6) is -0.855. The van der Waals surface area contributed by atoms with Crippen molar-refractivity contribution in [1.82, 2.24) is 0 Å². The number of rotatable bonds is 6. The number of ether oxygens (including phenoxy) is 2. The van der Waals surface area contributed by atoms with Crippen LogP contribution >= 0.6 is 0 Å². The molecule has 1 atom stereocenters. The Morgan fingerprint density at radius 2 is 1.50 bits per heavy atom. The third-order valence-electron chi connectivity index (χ3n) is 5.54. The maximum atomic E-state index is 13.1. The SMILES string of the molecule is CCOC(=O)C(c1cc(C(C)(C)C)cc(C(C)(C)C)c1OC(=O)c1ccccc1)C(C)C. The molecule has 0 radical (unpaired) electrons. The molecule has 0 heterocycles. The van der Waals surface area contributed by atoms with Crippen LogP contribution in [-0.4, -0.2) is 18.5 Å². The van der Waals surface area contributed by atoms with Gasteiger partial charge in [-0.15, -0.1) is 0 Å². The second kappa shape index (κ2) is 9.89. The first kappa shape index (κ1) is 25.6. The highest BCUT2D eigenvalue weighted by molar-refractivity contribution is 5.92. The number of hydrogen-bond acceptors (Lipinski definition) is 4. The van der Waals surface area contributed by atoms with Gasteiger partial charge in [0.15, 0.2) is 0 Å². The Hall–Kier alpha value is -2.62. The van der Waals surface area contributed by atoms with Crippen molar-refractivity contribution in [2.75, 3.05) is 6.61 Å². The van der Waals surface area contributed by atoms with E-state index in [0.717, 1.165) is 11.1 Å². The van der Waals surface area contributed by atoms with Gasteiger partial charge in [0.1, 0.15) is 5.75 Å². The second-order valence-electron chi connectivity index (χ2n) is 10.7. The fraction of sp³-hybridized carbons (Fsp3) is 0.500. The average molecular weight is 439 g/mol. The molecule has 4 nitrogen and oxygen atoms in total. The van der Waals surface area contributed by atoms with Gasteiger partial charge in [-0.3, -0.25) is 4.79 Å². The first-order valence-electron chi connectivity index (χ1n) is 11.4. The third-order valence-corrected chi connectivity index (χ3v) is 5.54. The predicted octanol–water partition coefficient (Wildman–Crippen LogP) is 6.80. The molecular formula is C28H38O4. The molecule has 0 fully saturated rings. The van der Waals surface area contributed by atoms with E-state index in [1.807, 2.05) is 26.0 Å². The van der Waals surface area contributed by atoms with Crippen molar-refractivity contribution >= 4 is 11.9 Å². The highest BCUT2D eigenvalue weighted by atomic mass is 16.5. The lowest BCUT2D eigenvalue weighted by Crippen LogP contribution is -2.26. The highest BCUT2D eigenvalue weighted by Gasteiger charge is 2.35. The van der Waals surface area contributed by atoms with Crippen LogP contribution in [0.4, 0.5) is 0 Å². The van der Waals surface area contributed by atoms with Gasteiger partial charge in [-0.1, -0.05) is 85.7 Å². The smallest absolute Gasteiger partial charge is 0.343 e. The molecule has 0 spiro atoms. The number of hydrogen-bond donors (Lipinski definition) is 0. The van der Waals surface area contributed by atoms with Crippen LogP contribution in [-0.2, 0) is 20.4 Å². The van der Waals surface area contributed by atoms with Gasteiger partial charge in [-0.25, -0.2) is 4.79 Å². The van der Waals surface area contributed by atoms with Gasteiger partial charge in [0.25, 0.3) is 0 Å². The molecule has 0 amide bonds. The topological polar surface area (TPSA) is 52.6 Å². The molecule has 1 unspecified atom stereocenters. The average Bonchev–Trinajstić information content (AvgIpc) is 2.68. The Labute approximate surface area is 193 Å². The fourth-order valence-corrected chi connectivity index (χ4v) is 3.70. The molecular weight excluding hydrogens is 400 g/mol. The first-order valence-corrected chi connectivity index (χ1v) is 11.4. The molecule has 0 aromatic heterocycles. The van der Waals surface area contributed by atoms with Crippen LogP contribution in [0.3, 0.4) is 0 Å². The minimum absolute atomic E-state index is 0.0359. The summed E-state index contributed by atoms with van der Waals surface area (Å²) < 4.78 is 11.5. The molecule has 2 aromatic carbocycles. The molecule has 0 aliphatic rings. The van der Waals surface area contributed by atoms with Crippen LogP contribution in [0.5, 0.6) is 5.75 Å². The van der Waals surface area contributed by atoms with Gasteiger partial charge in [0, 0.05) is 11.1 Å². The van der Waals surface area contributed by atoms with Crippen molar-refractivity contribution in [2.45, 2.75) is 79.1 Å². The summed E-state index contributed by atoms with van der Waals surface area (Å²) in [4.78, 5) is 26.1. The third kappa shape index (κ3) is 5.99. The molecule has 0 aliphatic heterocycles. The normalized spacial score (nSPS) is 13.1. The number of carbonyl (C=O) groups excluding carboxylic acids is 2. The Morgan fingerprint density at radius 3 is 1.97 bits per heavy atom. The first-order chi connectivity index (χ1) is 14.8. The van der Waals surface area contributed by atoms with Crippen molar-refractivity contribution in [2.24, 2.45) is 5.92 Å². The van der Waals surface area contributed by atoms with Crippen LogP contribution in [0.15, 0.2) is 42.5 Å². The molecule has 32 heavy (non-hydrogen) atoms. The minimum atomic E-state index is -0.545. The van der Waals surface area contributed by atoms with Crippen molar-refractivity contribution in [3.05, 3.63) is 64.7 Å². The van der Waals surface area contributed by atoms with Crippen LogP contribution in [0.2, 0.25) is 0 Å². The Morgan fingerprint density at radius 1 is 0.906 bits per heavy atom. The number of benzene rings is 2. The van der Waals surface area contributed by atoms with E-state index in [9.17, 15) is 9.59 Å². The van der Waals surface area contributed by atoms with Crippen LogP contribution in [0.25, 0.3) is 0 Å². The van der Waals surface area contributed by atoms with Gasteiger partial charge in [0.2, 0.25) is 0 Å². The van der Waals surface area contributed by atoms with E-state index in [1.54, 1.807) is 31.2 Å². The standard InChI is InChI=1S/C28H38O4/c1-10-31-26(30)23(18(2)3)21-16-20(27(4,5)6)17-22(28(7,8)9)24(21)32-25(29)19-14-12-11-13-15-19/h11-18,23H,10H2,1-9H3. The van der Waals surface area contributed by atoms with E-state index < -0.39 is 11.9 Å². The molecule has 0 N–H and O–H groups in total. The van der Waals surface area contributed by atoms with E-state index in [2.05, 4.69) is 47.6 Å². The van der Waals surface area contributed by atoms with Gasteiger partial charge in [0.05, 0.1) is 18.1 Å². The maximum Gasteiger partial charge on any atom is 0.343 e. The van der Waals surface area contributed by atoms with E-state index in [1.165, 1.54) is 0 Å². The molecule has 2 aromatic rings. The summed E-state index contributed by atoms with van der Waals surface area (Å²) in [6.45, 7) is 18.8.